The molecule has 0 bridgehead atoms. The smallest absolute Gasteiger partial charge is 0.119 e. The van der Waals surface area contributed by atoms with E-state index in [9.17, 15) is 0 Å². The van der Waals surface area contributed by atoms with Crippen LogP contribution in [-0.2, 0) is 12.8 Å². The summed E-state index contributed by atoms with van der Waals surface area (Å²) in [6, 6.07) is 12.3. The van der Waals surface area contributed by atoms with Gasteiger partial charge in [0.1, 0.15) is 5.75 Å². The number of benzene rings is 2. The Morgan fingerprint density at radius 2 is 1.83 bits per heavy atom. The van der Waals surface area contributed by atoms with Crippen LogP contribution < -0.4 is 10.1 Å². The van der Waals surface area contributed by atoms with E-state index in [4.69, 9.17) is 27.9 Å². The molecule has 5 heteroatoms. The summed E-state index contributed by atoms with van der Waals surface area (Å²) in [7, 11) is 1.70. The fourth-order valence-corrected chi connectivity index (χ4v) is 3.75. The Balaban J connectivity index is 1.81. The number of nitrogens with one attached hydrogen (secondary N) is 1. The van der Waals surface area contributed by atoms with Crippen LogP contribution in [0, 0.1) is 3.57 Å². The van der Waals surface area contributed by atoms with E-state index in [2.05, 4.69) is 47.0 Å². The van der Waals surface area contributed by atoms with Crippen LogP contribution in [0.4, 0.5) is 0 Å². The second kappa shape index (κ2) is 9.85. The van der Waals surface area contributed by atoms with Gasteiger partial charge in [-0.3, -0.25) is 0 Å². The summed E-state index contributed by atoms with van der Waals surface area (Å²) in [5, 5.41) is 5.03. The molecule has 1 unspecified atom stereocenters. The topological polar surface area (TPSA) is 21.3 Å². The molecular weight excluding hydrogens is 456 g/mol. The fourth-order valence-electron chi connectivity index (χ4n) is 2.56. The first-order valence-electron chi connectivity index (χ1n) is 8.00. The van der Waals surface area contributed by atoms with Crippen LogP contribution in [0.2, 0.25) is 10.0 Å². The molecule has 24 heavy (non-hydrogen) atoms. The van der Waals surface area contributed by atoms with E-state index < -0.39 is 0 Å². The van der Waals surface area contributed by atoms with Gasteiger partial charge in [-0.05, 0) is 96.8 Å². The van der Waals surface area contributed by atoms with Gasteiger partial charge in [0.05, 0.1) is 7.11 Å². The summed E-state index contributed by atoms with van der Waals surface area (Å²) in [6.07, 6.45) is 2.93. The molecule has 0 saturated carbocycles. The molecule has 0 aliphatic heterocycles. The van der Waals surface area contributed by atoms with E-state index in [1.165, 1.54) is 9.13 Å². The lowest BCUT2D eigenvalue weighted by Crippen LogP contribution is -2.28. The maximum atomic E-state index is 6.21. The van der Waals surface area contributed by atoms with Crippen molar-refractivity contribution in [2.24, 2.45) is 0 Å². The van der Waals surface area contributed by atoms with Crippen molar-refractivity contribution >= 4 is 45.8 Å². The van der Waals surface area contributed by atoms with Crippen molar-refractivity contribution in [3.05, 3.63) is 61.1 Å². The van der Waals surface area contributed by atoms with Crippen LogP contribution in [0.1, 0.15) is 24.5 Å². The van der Waals surface area contributed by atoms with Gasteiger partial charge in [-0.2, -0.15) is 0 Å². The molecule has 2 rings (SSSR count). The number of ether oxygens (including phenoxy) is 1. The number of hydrogen-bond acceptors (Lipinski definition) is 2. The van der Waals surface area contributed by atoms with Crippen molar-refractivity contribution in [2.45, 2.75) is 32.2 Å². The van der Waals surface area contributed by atoms with Gasteiger partial charge >= 0.3 is 0 Å². The third-order valence-corrected chi connectivity index (χ3v) is 5.79. The van der Waals surface area contributed by atoms with E-state index in [0.29, 0.717) is 6.04 Å². The van der Waals surface area contributed by atoms with Crippen LogP contribution in [0.25, 0.3) is 0 Å². The zero-order valence-electron chi connectivity index (χ0n) is 13.9. The van der Waals surface area contributed by atoms with E-state index in [1.54, 1.807) is 7.11 Å². The van der Waals surface area contributed by atoms with Crippen molar-refractivity contribution in [2.75, 3.05) is 13.7 Å². The van der Waals surface area contributed by atoms with Crippen LogP contribution >= 0.6 is 45.8 Å². The van der Waals surface area contributed by atoms with Gasteiger partial charge in [-0.25, -0.2) is 0 Å². The quantitative estimate of drug-likeness (QED) is 0.488. The SMILES string of the molecule is COc1ccc(I)c(CCC(C)NCCc2c(Cl)cccc2Cl)c1. The third kappa shape index (κ3) is 5.80. The van der Waals surface area contributed by atoms with E-state index in [0.717, 1.165) is 47.2 Å². The van der Waals surface area contributed by atoms with Crippen molar-refractivity contribution < 1.29 is 4.74 Å². The fraction of sp³-hybridized carbons (Fsp3) is 0.368. The van der Waals surface area contributed by atoms with Gasteiger partial charge in [-0.15, -0.1) is 0 Å². The molecule has 0 aliphatic rings. The summed E-state index contributed by atoms with van der Waals surface area (Å²) < 4.78 is 6.59. The highest BCUT2D eigenvalue weighted by atomic mass is 127. The molecule has 0 radical (unpaired) electrons. The second-order valence-electron chi connectivity index (χ2n) is 5.80. The average Bonchev–Trinajstić information content (AvgIpc) is 2.57. The van der Waals surface area contributed by atoms with Gasteiger partial charge < -0.3 is 10.1 Å². The Hall–Kier alpha value is -0.490. The molecule has 2 aromatic rings. The third-order valence-electron chi connectivity index (χ3n) is 4.03. The zero-order chi connectivity index (χ0) is 17.5. The Kier molecular flexibility index (Phi) is 8.14. The van der Waals surface area contributed by atoms with Crippen molar-refractivity contribution in [3.63, 3.8) is 0 Å². The molecular formula is C19H22Cl2INO. The van der Waals surface area contributed by atoms with Crippen LogP contribution in [0.5, 0.6) is 5.75 Å². The average molecular weight is 478 g/mol. The molecule has 0 fully saturated rings. The largest absolute Gasteiger partial charge is 0.497 e. The minimum Gasteiger partial charge on any atom is -0.497 e. The lowest BCUT2D eigenvalue weighted by atomic mass is 10.1. The van der Waals surface area contributed by atoms with Crippen molar-refractivity contribution in [1.82, 2.24) is 5.32 Å². The Morgan fingerprint density at radius 3 is 2.50 bits per heavy atom. The summed E-state index contributed by atoms with van der Waals surface area (Å²) in [5.41, 5.74) is 2.35. The highest BCUT2D eigenvalue weighted by Gasteiger charge is 2.08. The summed E-state index contributed by atoms with van der Waals surface area (Å²) in [4.78, 5) is 0. The Labute approximate surface area is 168 Å². The number of methoxy groups -OCH3 is 1. The first kappa shape index (κ1) is 19.8. The van der Waals surface area contributed by atoms with Crippen molar-refractivity contribution in [1.29, 1.82) is 0 Å². The molecule has 1 atom stereocenters. The van der Waals surface area contributed by atoms with Crippen LogP contribution in [-0.4, -0.2) is 19.7 Å². The maximum absolute atomic E-state index is 6.21. The number of halogens is 3. The molecule has 130 valence electrons. The summed E-state index contributed by atoms with van der Waals surface area (Å²) in [5.74, 6) is 0.916. The molecule has 0 aliphatic carbocycles. The molecule has 0 aromatic heterocycles. The van der Waals surface area contributed by atoms with Crippen LogP contribution in [0.15, 0.2) is 36.4 Å². The summed E-state index contributed by atoms with van der Waals surface area (Å²) >= 11 is 14.8. The molecule has 1 N–H and O–H groups in total. The first-order valence-corrected chi connectivity index (χ1v) is 9.83. The van der Waals surface area contributed by atoms with Crippen LogP contribution in [0.3, 0.4) is 0 Å². The van der Waals surface area contributed by atoms with Gasteiger partial charge in [0.25, 0.3) is 0 Å². The highest BCUT2D eigenvalue weighted by Crippen LogP contribution is 2.24. The molecule has 0 spiro atoms. The lowest BCUT2D eigenvalue weighted by molar-refractivity contribution is 0.414. The lowest BCUT2D eigenvalue weighted by Gasteiger charge is -2.15. The van der Waals surface area contributed by atoms with Crippen molar-refractivity contribution in [3.8, 4) is 5.75 Å². The van der Waals surface area contributed by atoms with E-state index >= 15 is 0 Å². The second-order valence-corrected chi connectivity index (χ2v) is 7.78. The Morgan fingerprint density at radius 1 is 1.12 bits per heavy atom. The number of hydrogen-bond donors (Lipinski definition) is 1. The predicted octanol–water partition coefficient (Wildman–Crippen LogP) is 5.76. The van der Waals surface area contributed by atoms with E-state index in [1.807, 2.05) is 24.3 Å². The minimum atomic E-state index is 0.424. The molecule has 0 amide bonds. The molecule has 2 nitrogen and oxygen atoms in total. The molecule has 2 aromatic carbocycles. The van der Waals surface area contributed by atoms with E-state index in [-0.39, 0.29) is 0 Å². The molecule has 0 heterocycles. The zero-order valence-corrected chi connectivity index (χ0v) is 17.6. The first-order chi connectivity index (χ1) is 11.5. The monoisotopic (exact) mass is 477 g/mol. The Bertz CT molecular complexity index is 658. The highest BCUT2D eigenvalue weighted by molar-refractivity contribution is 14.1. The standard InChI is InChI=1S/C19H22Cl2INO/c1-13(6-7-14-12-15(24-2)8-9-19(14)22)23-11-10-16-17(20)4-3-5-18(16)21/h3-5,8-9,12-13,23H,6-7,10-11H2,1-2H3. The van der Waals surface area contributed by atoms with Gasteiger partial charge in [0.2, 0.25) is 0 Å². The van der Waals surface area contributed by atoms with Gasteiger partial charge in [0.15, 0.2) is 0 Å². The minimum absolute atomic E-state index is 0.424. The molecule has 0 saturated heterocycles. The van der Waals surface area contributed by atoms with Gasteiger partial charge in [-0.1, -0.05) is 29.3 Å². The maximum Gasteiger partial charge on any atom is 0.119 e. The number of aryl methyl sites for hydroxylation is 1. The number of rotatable bonds is 8. The van der Waals surface area contributed by atoms with Gasteiger partial charge in [0, 0.05) is 19.7 Å². The predicted molar refractivity (Wildman–Crippen MR) is 112 cm³/mol. The normalized spacial score (nSPS) is 12.2. The summed E-state index contributed by atoms with van der Waals surface area (Å²) in [6.45, 7) is 3.07.